The third kappa shape index (κ3) is 5.00. The lowest BCUT2D eigenvalue weighted by Gasteiger charge is -2.22. The minimum Gasteiger partial charge on any atom is -0.487 e. The Morgan fingerprint density at radius 3 is 2.57 bits per heavy atom. The fourth-order valence-corrected chi connectivity index (χ4v) is 5.50. The molecule has 0 spiro atoms. The number of aromatic nitrogens is 2. The highest BCUT2D eigenvalue weighted by Crippen LogP contribution is 2.31. The van der Waals surface area contributed by atoms with E-state index in [0.717, 1.165) is 49.7 Å². The highest BCUT2D eigenvalue weighted by atomic mass is 16.5. The standard InChI is InChI=1S/C29H35N3O3/c1-19-10-20(2)28(21(3)11-19)16-32-15-23(14-31-9-5-6-25(31)17-33)27-13-26(7-8-29(27)32)34-18-24-12-22(4)35-30-24/h7-8,10-13,15,25,33H,5-6,9,14,16-18H2,1-4H3/t25-/m0/s1. The first-order valence-electron chi connectivity index (χ1n) is 12.5. The van der Waals surface area contributed by atoms with Gasteiger partial charge in [0.25, 0.3) is 0 Å². The average molecular weight is 474 g/mol. The van der Waals surface area contributed by atoms with Gasteiger partial charge in [-0.2, -0.15) is 0 Å². The van der Waals surface area contributed by atoms with Crippen molar-refractivity contribution in [3.05, 3.63) is 81.9 Å². The second-order valence-corrected chi connectivity index (χ2v) is 10.0. The molecule has 1 aliphatic rings. The van der Waals surface area contributed by atoms with Gasteiger partial charge < -0.3 is 18.9 Å². The Bertz CT molecular complexity index is 1310. The Morgan fingerprint density at radius 1 is 1.06 bits per heavy atom. The van der Waals surface area contributed by atoms with E-state index in [-0.39, 0.29) is 12.6 Å². The molecule has 6 nitrogen and oxygen atoms in total. The number of aliphatic hydroxyl groups is 1. The Morgan fingerprint density at radius 2 is 1.86 bits per heavy atom. The molecule has 1 N–H and O–H groups in total. The highest BCUT2D eigenvalue weighted by Gasteiger charge is 2.25. The van der Waals surface area contributed by atoms with Crippen molar-refractivity contribution < 1.29 is 14.4 Å². The minimum atomic E-state index is 0.214. The maximum Gasteiger partial charge on any atom is 0.134 e. The van der Waals surface area contributed by atoms with Crippen LogP contribution in [0.15, 0.2) is 47.1 Å². The summed E-state index contributed by atoms with van der Waals surface area (Å²) < 4.78 is 13.6. The molecule has 184 valence electrons. The van der Waals surface area contributed by atoms with Crippen molar-refractivity contribution in [3.8, 4) is 5.75 Å². The molecule has 1 fully saturated rings. The van der Waals surface area contributed by atoms with E-state index in [1.165, 1.54) is 38.7 Å². The average Bonchev–Trinajstić information content (AvgIpc) is 3.54. The molecular formula is C29H35N3O3. The summed E-state index contributed by atoms with van der Waals surface area (Å²) in [6, 6.07) is 13.0. The lowest BCUT2D eigenvalue weighted by atomic mass is 10.00. The summed E-state index contributed by atoms with van der Waals surface area (Å²) in [6.45, 7) is 11.7. The molecule has 1 aliphatic heterocycles. The Kier molecular flexibility index (Phi) is 6.67. The van der Waals surface area contributed by atoms with Gasteiger partial charge in [-0.1, -0.05) is 22.9 Å². The second-order valence-electron chi connectivity index (χ2n) is 10.0. The molecule has 6 heteroatoms. The SMILES string of the molecule is Cc1cc(C)c(Cn2cc(CN3CCC[C@H]3CO)c3cc(OCc4cc(C)on4)ccc32)c(C)c1. The van der Waals surface area contributed by atoms with Crippen LogP contribution in [-0.2, 0) is 19.7 Å². The van der Waals surface area contributed by atoms with Gasteiger partial charge in [0, 0.05) is 42.3 Å². The van der Waals surface area contributed by atoms with Gasteiger partial charge in [0.05, 0.1) is 6.61 Å². The van der Waals surface area contributed by atoms with Gasteiger partial charge in [0.15, 0.2) is 0 Å². The molecule has 0 unspecified atom stereocenters. The van der Waals surface area contributed by atoms with Crippen LogP contribution in [0.2, 0.25) is 0 Å². The topological polar surface area (TPSA) is 63.7 Å². The molecule has 3 heterocycles. The van der Waals surface area contributed by atoms with E-state index in [0.29, 0.717) is 6.61 Å². The summed E-state index contributed by atoms with van der Waals surface area (Å²) in [4.78, 5) is 2.41. The van der Waals surface area contributed by atoms with Crippen molar-refractivity contribution in [1.29, 1.82) is 0 Å². The summed E-state index contributed by atoms with van der Waals surface area (Å²) >= 11 is 0. The van der Waals surface area contributed by atoms with Crippen molar-refractivity contribution in [3.63, 3.8) is 0 Å². The van der Waals surface area contributed by atoms with E-state index < -0.39 is 0 Å². The van der Waals surface area contributed by atoms with Gasteiger partial charge in [0.1, 0.15) is 23.8 Å². The van der Waals surface area contributed by atoms with E-state index in [9.17, 15) is 5.11 Å². The number of ether oxygens (including phenoxy) is 1. The first-order chi connectivity index (χ1) is 16.9. The molecule has 35 heavy (non-hydrogen) atoms. The van der Waals surface area contributed by atoms with E-state index in [1.54, 1.807) is 0 Å². The normalized spacial score (nSPS) is 16.4. The fraction of sp³-hybridized carbons (Fsp3) is 0.414. The second kappa shape index (κ2) is 9.88. The van der Waals surface area contributed by atoms with Gasteiger partial charge in [-0.3, -0.25) is 4.90 Å². The summed E-state index contributed by atoms with van der Waals surface area (Å²) in [5.41, 5.74) is 8.58. The summed E-state index contributed by atoms with van der Waals surface area (Å²) in [6.07, 6.45) is 4.49. The van der Waals surface area contributed by atoms with Crippen molar-refractivity contribution in [1.82, 2.24) is 14.6 Å². The first kappa shape index (κ1) is 23.6. The molecular weight excluding hydrogens is 438 g/mol. The smallest absolute Gasteiger partial charge is 0.134 e. The molecule has 4 aromatic rings. The number of aryl methyl sites for hydroxylation is 4. The van der Waals surface area contributed by atoms with Crippen LogP contribution in [0.5, 0.6) is 5.75 Å². The number of likely N-dealkylation sites (tertiary alicyclic amines) is 1. The summed E-state index contributed by atoms with van der Waals surface area (Å²) in [7, 11) is 0. The molecule has 2 aromatic heterocycles. The molecule has 1 atom stereocenters. The predicted octanol–water partition coefficient (Wildman–Crippen LogP) is 5.45. The summed E-state index contributed by atoms with van der Waals surface area (Å²) in [5.74, 6) is 1.60. The van der Waals surface area contributed by atoms with Crippen LogP contribution < -0.4 is 4.74 Å². The number of hydrogen-bond donors (Lipinski definition) is 1. The van der Waals surface area contributed by atoms with Crippen LogP contribution in [0.25, 0.3) is 10.9 Å². The van der Waals surface area contributed by atoms with E-state index >= 15 is 0 Å². The van der Waals surface area contributed by atoms with Crippen LogP contribution in [0, 0.1) is 27.7 Å². The van der Waals surface area contributed by atoms with Crippen LogP contribution in [-0.4, -0.2) is 38.9 Å². The number of aliphatic hydroxyl groups excluding tert-OH is 1. The molecule has 1 saturated heterocycles. The zero-order valence-electron chi connectivity index (χ0n) is 21.2. The third-order valence-electron chi connectivity index (χ3n) is 7.25. The van der Waals surface area contributed by atoms with Gasteiger partial charge in [0.2, 0.25) is 0 Å². The molecule has 0 bridgehead atoms. The van der Waals surface area contributed by atoms with Crippen LogP contribution in [0.1, 0.15) is 52.1 Å². The fourth-order valence-electron chi connectivity index (χ4n) is 5.50. The lowest BCUT2D eigenvalue weighted by Crippen LogP contribution is -2.31. The van der Waals surface area contributed by atoms with Crippen molar-refractivity contribution in [2.45, 2.75) is 66.3 Å². The minimum absolute atomic E-state index is 0.214. The quantitative estimate of drug-likeness (QED) is 0.369. The molecule has 0 saturated carbocycles. The maximum atomic E-state index is 9.85. The predicted molar refractivity (Wildman–Crippen MR) is 138 cm³/mol. The Hall–Kier alpha value is -3.09. The third-order valence-corrected chi connectivity index (χ3v) is 7.25. The Balaban J connectivity index is 1.49. The van der Waals surface area contributed by atoms with Gasteiger partial charge in [-0.25, -0.2) is 0 Å². The van der Waals surface area contributed by atoms with Crippen molar-refractivity contribution >= 4 is 10.9 Å². The summed E-state index contributed by atoms with van der Waals surface area (Å²) in [5, 5.41) is 15.1. The number of benzene rings is 2. The monoisotopic (exact) mass is 473 g/mol. The van der Waals surface area contributed by atoms with Crippen molar-refractivity contribution in [2.24, 2.45) is 0 Å². The molecule has 0 aliphatic carbocycles. The maximum absolute atomic E-state index is 9.85. The number of fused-ring (bicyclic) bond motifs is 1. The van der Waals surface area contributed by atoms with Crippen LogP contribution in [0.4, 0.5) is 0 Å². The molecule has 0 amide bonds. The van der Waals surface area contributed by atoms with E-state index in [1.807, 2.05) is 19.1 Å². The highest BCUT2D eigenvalue weighted by molar-refractivity contribution is 5.85. The lowest BCUT2D eigenvalue weighted by molar-refractivity contribution is 0.154. The molecule has 5 rings (SSSR count). The number of nitrogens with zero attached hydrogens (tertiary/aromatic N) is 3. The first-order valence-corrected chi connectivity index (χ1v) is 12.5. The van der Waals surface area contributed by atoms with E-state index in [4.69, 9.17) is 9.26 Å². The number of hydrogen-bond acceptors (Lipinski definition) is 5. The Labute approximate surface area is 207 Å². The van der Waals surface area contributed by atoms with Gasteiger partial charge >= 0.3 is 0 Å². The van der Waals surface area contributed by atoms with Gasteiger partial charge in [-0.05, 0) is 87.5 Å². The zero-order valence-corrected chi connectivity index (χ0v) is 21.2. The van der Waals surface area contributed by atoms with Crippen LogP contribution >= 0.6 is 0 Å². The largest absolute Gasteiger partial charge is 0.487 e. The van der Waals surface area contributed by atoms with E-state index in [2.05, 4.69) is 65.9 Å². The molecule has 0 radical (unpaired) electrons. The van der Waals surface area contributed by atoms with Gasteiger partial charge in [-0.15, -0.1) is 0 Å². The van der Waals surface area contributed by atoms with Crippen LogP contribution in [0.3, 0.4) is 0 Å². The van der Waals surface area contributed by atoms with Crippen molar-refractivity contribution in [2.75, 3.05) is 13.2 Å². The zero-order chi connectivity index (χ0) is 24.5. The number of rotatable bonds is 8. The molecule has 2 aromatic carbocycles.